The van der Waals surface area contributed by atoms with Crippen LogP contribution in [0.1, 0.15) is 37.1 Å². The van der Waals surface area contributed by atoms with E-state index in [9.17, 15) is 4.79 Å². The quantitative estimate of drug-likeness (QED) is 0.620. The summed E-state index contributed by atoms with van der Waals surface area (Å²) in [5, 5.41) is 2.01. The molecule has 0 bridgehead atoms. The molecule has 2 aromatic rings. The number of carbonyl (C=O) groups is 1. The number of carbonyl (C=O) groups excluding carboxylic acids is 1. The van der Waals surface area contributed by atoms with Crippen molar-refractivity contribution in [2.75, 3.05) is 0 Å². The summed E-state index contributed by atoms with van der Waals surface area (Å²) in [5.41, 5.74) is 1.42. The van der Waals surface area contributed by atoms with Gasteiger partial charge in [-0.3, -0.25) is 4.79 Å². The molecule has 0 spiro atoms. The summed E-state index contributed by atoms with van der Waals surface area (Å²) in [6, 6.07) is 0. The Morgan fingerprint density at radius 3 is 3.00 bits per heavy atom. The molecule has 4 nitrogen and oxygen atoms in total. The smallest absolute Gasteiger partial charge is 0.319 e. The number of rotatable bonds is 2. The van der Waals surface area contributed by atoms with Crippen LogP contribution in [-0.2, 0) is 22.4 Å². The topological polar surface area (TPSA) is 52.1 Å². The maximum Gasteiger partial charge on any atom is 0.319 e. The number of aromatic nitrogens is 2. The van der Waals surface area contributed by atoms with Gasteiger partial charge in [0, 0.05) is 16.7 Å². The summed E-state index contributed by atoms with van der Waals surface area (Å²) >= 11 is 3.35. The number of hydrogen-bond acceptors (Lipinski definition) is 6. The van der Waals surface area contributed by atoms with Gasteiger partial charge in [0.25, 0.3) is 0 Å². The number of aryl methyl sites for hydroxylation is 1. The number of esters is 1. The van der Waals surface area contributed by atoms with Gasteiger partial charge in [-0.1, -0.05) is 18.7 Å². The highest BCUT2D eigenvalue weighted by atomic mass is 32.2. The van der Waals surface area contributed by atoms with Crippen molar-refractivity contribution in [3.8, 4) is 0 Å². The second kappa shape index (κ2) is 5.49. The third kappa shape index (κ3) is 2.42. The van der Waals surface area contributed by atoms with Crippen LogP contribution >= 0.6 is 23.1 Å². The SMILES string of the molecule is C[C@@H]1CCc2c(sc3ncnc(S[C@H]4C[C@H](C)OC4=O)c23)C1. The van der Waals surface area contributed by atoms with Crippen molar-refractivity contribution in [3.05, 3.63) is 16.8 Å². The molecule has 1 aliphatic heterocycles. The van der Waals surface area contributed by atoms with E-state index in [4.69, 9.17) is 4.74 Å². The first kappa shape index (κ1) is 14.5. The van der Waals surface area contributed by atoms with Crippen molar-refractivity contribution in [2.45, 2.75) is 55.9 Å². The average molecular weight is 334 g/mol. The van der Waals surface area contributed by atoms with E-state index < -0.39 is 0 Å². The van der Waals surface area contributed by atoms with Crippen molar-refractivity contribution < 1.29 is 9.53 Å². The molecule has 0 aromatic carbocycles. The van der Waals surface area contributed by atoms with Crippen LogP contribution in [-0.4, -0.2) is 27.3 Å². The zero-order valence-electron chi connectivity index (χ0n) is 12.7. The van der Waals surface area contributed by atoms with Gasteiger partial charge >= 0.3 is 5.97 Å². The van der Waals surface area contributed by atoms with Gasteiger partial charge in [0.05, 0.1) is 0 Å². The standard InChI is InChI=1S/C16H18N2O2S2/c1-8-3-4-10-11(5-8)21-14-13(10)15(18-7-17-14)22-12-6-9(2)20-16(12)19/h7-9,12H,3-6H2,1-2H3/t8-,9+,12+/m1/s1. The average Bonchev–Trinajstić information content (AvgIpc) is 2.98. The predicted molar refractivity (Wildman–Crippen MR) is 88.4 cm³/mol. The third-order valence-electron chi connectivity index (χ3n) is 4.44. The number of fused-ring (bicyclic) bond motifs is 3. The normalized spacial score (nSPS) is 27.9. The van der Waals surface area contributed by atoms with Gasteiger partial charge in [-0.05, 0) is 37.7 Å². The zero-order chi connectivity index (χ0) is 15.3. The lowest BCUT2D eigenvalue weighted by Gasteiger charge is -2.18. The maximum atomic E-state index is 11.9. The van der Waals surface area contributed by atoms with Crippen molar-refractivity contribution in [2.24, 2.45) is 5.92 Å². The Bertz CT molecular complexity index is 743. The van der Waals surface area contributed by atoms with E-state index in [-0.39, 0.29) is 17.3 Å². The summed E-state index contributed by atoms with van der Waals surface area (Å²) in [6.07, 6.45) is 5.87. The fourth-order valence-corrected chi connectivity index (χ4v) is 5.94. The minimum Gasteiger partial charge on any atom is -0.462 e. The summed E-state index contributed by atoms with van der Waals surface area (Å²) in [4.78, 5) is 23.4. The Morgan fingerprint density at radius 1 is 1.36 bits per heavy atom. The number of thiophene rings is 1. The molecular weight excluding hydrogens is 316 g/mol. The molecule has 22 heavy (non-hydrogen) atoms. The van der Waals surface area contributed by atoms with Gasteiger partial charge in [-0.2, -0.15) is 0 Å². The molecule has 3 atom stereocenters. The van der Waals surface area contributed by atoms with Crippen molar-refractivity contribution in [3.63, 3.8) is 0 Å². The lowest BCUT2D eigenvalue weighted by Crippen LogP contribution is -2.11. The van der Waals surface area contributed by atoms with E-state index in [0.29, 0.717) is 0 Å². The first-order valence-electron chi connectivity index (χ1n) is 7.74. The predicted octanol–water partition coefficient (Wildman–Crippen LogP) is 3.61. The number of ether oxygens (including phenoxy) is 1. The molecule has 1 fully saturated rings. The van der Waals surface area contributed by atoms with Gasteiger partial charge in [0.1, 0.15) is 27.5 Å². The van der Waals surface area contributed by atoms with E-state index in [0.717, 1.165) is 35.0 Å². The number of cyclic esters (lactones) is 1. The molecule has 0 N–H and O–H groups in total. The Balaban J connectivity index is 1.73. The molecule has 116 valence electrons. The lowest BCUT2D eigenvalue weighted by atomic mass is 9.89. The monoisotopic (exact) mass is 334 g/mol. The van der Waals surface area contributed by atoms with E-state index in [1.54, 1.807) is 29.4 Å². The summed E-state index contributed by atoms with van der Waals surface area (Å²) in [5.74, 6) is 0.636. The minimum absolute atomic E-state index is 0.0135. The highest BCUT2D eigenvalue weighted by Crippen LogP contribution is 2.42. The molecule has 0 unspecified atom stereocenters. The molecular formula is C16H18N2O2S2. The fourth-order valence-electron chi connectivity index (χ4n) is 3.29. The van der Waals surface area contributed by atoms with E-state index >= 15 is 0 Å². The summed E-state index contributed by atoms with van der Waals surface area (Å²) in [6.45, 7) is 4.26. The molecule has 0 saturated carbocycles. The second-order valence-corrected chi connectivity index (χ2v) is 8.58. The van der Waals surface area contributed by atoms with Crippen molar-refractivity contribution in [1.82, 2.24) is 9.97 Å². The van der Waals surface area contributed by atoms with Crippen LogP contribution in [0.3, 0.4) is 0 Å². The number of hydrogen-bond donors (Lipinski definition) is 0. The maximum absolute atomic E-state index is 11.9. The van der Waals surface area contributed by atoms with Crippen LogP contribution < -0.4 is 0 Å². The van der Waals surface area contributed by atoms with Crippen LogP contribution in [0.25, 0.3) is 10.2 Å². The van der Waals surface area contributed by atoms with Crippen LogP contribution in [0.4, 0.5) is 0 Å². The highest BCUT2D eigenvalue weighted by molar-refractivity contribution is 8.00. The molecule has 1 saturated heterocycles. The first-order valence-corrected chi connectivity index (χ1v) is 9.44. The molecule has 3 heterocycles. The Kier molecular flexibility index (Phi) is 3.61. The summed E-state index contributed by atoms with van der Waals surface area (Å²) < 4.78 is 5.27. The van der Waals surface area contributed by atoms with Gasteiger partial charge in [-0.15, -0.1) is 11.3 Å². The Hall–Kier alpha value is -1.14. The van der Waals surface area contributed by atoms with E-state index in [1.165, 1.54) is 22.2 Å². The molecule has 0 radical (unpaired) electrons. The zero-order valence-corrected chi connectivity index (χ0v) is 14.3. The van der Waals surface area contributed by atoms with Crippen molar-refractivity contribution in [1.29, 1.82) is 0 Å². The fraction of sp³-hybridized carbons (Fsp3) is 0.562. The molecule has 6 heteroatoms. The van der Waals surface area contributed by atoms with Crippen molar-refractivity contribution >= 4 is 39.3 Å². The second-order valence-electron chi connectivity index (χ2n) is 6.30. The van der Waals surface area contributed by atoms with Gasteiger partial charge < -0.3 is 4.74 Å². The third-order valence-corrected chi connectivity index (χ3v) is 6.80. The van der Waals surface area contributed by atoms with E-state index in [1.807, 2.05) is 6.92 Å². The summed E-state index contributed by atoms with van der Waals surface area (Å²) in [7, 11) is 0. The Labute approximate surface area is 137 Å². The molecule has 1 aliphatic carbocycles. The van der Waals surface area contributed by atoms with Crippen LogP contribution in [0, 0.1) is 5.92 Å². The molecule has 2 aliphatic rings. The van der Waals surface area contributed by atoms with E-state index in [2.05, 4.69) is 16.9 Å². The van der Waals surface area contributed by atoms with Gasteiger partial charge in [0.2, 0.25) is 0 Å². The number of thioether (sulfide) groups is 1. The van der Waals surface area contributed by atoms with Gasteiger partial charge in [-0.25, -0.2) is 9.97 Å². The lowest BCUT2D eigenvalue weighted by molar-refractivity contribution is -0.140. The molecule has 2 aromatic heterocycles. The van der Waals surface area contributed by atoms with Crippen LogP contribution in [0.2, 0.25) is 0 Å². The largest absolute Gasteiger partial charge is 0.462 e. The van der Waals surface area contributed by atoms with Crippen LogP contribution in [0.5, 0.6) is 0 Å². The molecule has 0 amide bonds. The first-order chi connectivity index (χ1) is 10.6. The molecule has 4 rings (SSSR count). The highest BCUT2D eigenvalue weighted by Gasteiger charge is 2.34. The minimum atomic E-state index is -0.133. The van der Waals surface area contributed by atoms with Crippen LogP contribution in [0.15, 0.2) is 11.4 Å². The Morgan fingerprint density at radius 2 is 2.23 bits per heavy atom. The number of nitrogens with zero attached hydrogens (tertiary/aromatic N) is 2. The van der Waals surface area contributed by atoms with Gasteiger partial charge in [0.15, 0.2) is 0 Å².